The number of benzene rings is 1. The highest BCUT2D eigenvalue weighted by Gasteiger charge is 2.04. The Morgan fingerprint density at radius 1 is 1.13 bits per heavy atom. The van der Waals surface area contributed by atoms with Crippen molar-refractivity contribution in [1.29, 1.82) is 0 Å². The highest BCUT2D eigenvalue weighted by Crippen LogP contribution is 2.08. The van der Waals surface area contributed by atoms with E-state index in [1.165, 1.54) is 5.56 Å². The van der Waals surface area contributed by atoms with Crippen LogP contribution in [0.5, 0.6) is 0 Å². The maximum Gasteiger partial charge on any atom is 0.330 e. The Bertz CT molecular complexity index is 412. The molecular formula is C10H12N4O. The molecule has 0 spiro atoms. The lowest BCUT2D eigenvalue weighted by Gasteiger charge is -1.96. The van der Waals surface area contributed by atoms with Crippen LogP contribution in [0, 0.1) is 0 Å². The number of nitrogens with zero attached hydrogens (tertiary/aromatic N) is 2. The lowest BCUT2D eigenvalue weighted by molar-refractivity contribution is 0.504. The lowest BCUT2D eigenvalue weighted by atomic mass is 10.1. The first kappa shape index (κ1) is 9.67. The molecule has 0 fully saturated rings. The fourth-order valence-corrected chi connectivity index (χ4v) is 1.31. The smallest absolute Gasteiger partial charge is 0.330 e. The summed E-state index contributed by atoms with van der Waals surface area (Å²) >= 11 is 0. The summed E-state index contributed by atoms with van der Waals surface area (Å²) in [5.74, 6) is 5.71. The minimum absolute atomic E-state index is 0.248. The second-order valence-corrected chi connectivity index (χ2v) is 3.13. The van der Waals surface area contributed by atoms with Gasteiger partial charge in [0, 0.05) is 6.42 Å². The molecule has 0 aliphatic heterocycles. The van der Waals surface area contributed by atoms with E-state index in [2.05, 4.69) is 27.8 Å². The van der Waals surface area contributed by atoms with Gasteiger partial charge >= 0.3 is 6.01 Å². The molecule has 2 rings (SSSR count). The number of nitrogens with two attached hydrogens (primary N) is 1. The van der Waals surface area contributed by atoms with Gasteiger partial charge in [-0.2, -0.15) is 0 Å². The molecule has 0 saturated carbocycles. The summed E-state index contributed by atoms with van der Waals surface area (Å²) < 4.78 is 5.20. The molecule has 0 amide bonds. The molecule has 0 saturated heterocycles. The highest BCUT2D eigenvalue weighted by atomic mass is 16.4. The topological polar surface area (TPSA) is 77.0 Å². The van der Waals surface area contributed by atoms with E-state index in [0.29, 0.717) is 5.89 Å². The molecule has 1 heterocycles. The first-order valence-corrected chi connectivity index (χ1v) is 4.71. The molecule has 0 aliphatic carbocycles. The maximum absolute atomic E-state index is 5.20. The molecule has 5 heteroatoms. The summed E-state index contributed by atoms with van der Waals surface area (Å²) in [6.45, 7) is 0. The van der Waals surface area contributed by atoms with E-state index in [-0.39, 0.29) is 6.01 Å². The molecule has 0 unspecified atom stereocenters. The molecule has 0 radical (unpaired) electrons. The van der Waals surface area contributed by atoms with Gasteiger partial charge < -0.3 is 4.42 Å². The van der Waals surface area contributed by atoms with Crippen LogP contribution >= 0.6 is 0 Å². The van der Waals surface area contributed by atoms with E-state index in [1.807, 2.05) is 18.2 Å². The first-order chi connectivity index (χ1) is 7.38. The van der Waals surface area contributed by atoms with Crippen molar-refractivity contribution in [2.75, 3.05) is 5.43 Å². The number of hydrazine groups is 1. The van der Waals surface area contributed by atoms with Crippen LogP contribution in [-0.4, -0.2) is 10.2 Å². The standard InChI is InChI=1S/C10H12N4O/c11-12-10-14-13-9(15-10)7-6-8-4-2-1-3-5-8/h1-5H,6-7,11H2,(H,12,14). The van der Waals surface area contributed by atoms with Crippen LogP contribution < -0.4 is 11.3 Å². The van der Waals surface area contributed by atoms with Crippen LogP contribution in [0.2, 0.25) is 0 Å². The van der Waals surface area contributed by atoms with Crippen LogP contribution in [0.3, 0.4) is 0 Å². The van der Waals surface area contributed by atoms with Crippen LogP contribution in [-0.2, 0) is 12.8 Å². The Morgan fingerprint density at radius 2 is 1.93 bits per heavy atom. The van der Waals surface area contributed by atoms with Crippen LogP contribution in [0.1, 0.15) is 11.5 Å². The second kappa shape index (κ2) is 4.56. The van der Waals surface area contributed by atoms with E-state index in [4.69, 9.17) is 10.3 Å². The Kier molecular flexibility index (Phi) is 2.94. The van der Waals surface area contributed by atoms with Gasteiger partial charge in [-0.05, 0) is 12.0 Å². The number of anilines is 1. The van der Waals surface area contributed by atoms with Gasteiger partial charge in [0.15, 0.2) is 0 Å². The number of nitrogen functional groups attached to an aromatic ring is 1. The third-order valence-corrected chi connectivity index (χ3v) is 2.06. The highest BCUT2D eigenvalue weighted by molar-refractivity contribution is 5.16. The number of hydrogen-bond acceptors (Lipinski definition) is 5. The molecule has 5 nitrogen and oxygen atoms in total. The minimum atomic E-state index is 0.248. The number of aromatic nitrogens is 2. The number of rotatable bonds is 4. The van der Waals surface area contributed by atoms with Gasteiger partial charge in [-0.15, -0.1) is 5.10 Å². The normalized spacial score (nSPS) is 10.2. The van der Waals surface area contributed by atoms with Gasteiger partial charge in [-0.3, -0.25) is 5.43 Å². The number of aryl methyl sites for hydroxylation is 2. The van der Waals surface area contributed by atoms with Gasteiger partial charge in [-0.1, -0.05) is 35.4 Å². The Labute approximate surface area is 87.3 Å². The van der Waals surface area contributed by atoms with Gasteiger partial charge in [0.2, 0.25) is 5.89 Å². The van der Waals surface area contributed by atoms with E-state index in [1.54, 1.807) is 0 Å². The molecule has 2 aromatic rings. The molecule has 1 aromatic heterocycles. The van der Waals surface area contributed by atoms with Crippen molar-refractivity contribution >= 4 is 6.01 Å². The van der Waals surface area contributed by atoms with Gasteiger partial charge in [0.1, 0.15) is 0 Å². The zero-order chi connectivity index (χ0) is 10.5. The average Bonchev–Trinajstić information content (AvgIpc) is 2.76. The third kappa shape index (κ3) is 2.54. The fourth-order valence-electron chi connectivity index (χ4n) is 1.31. The maximum atomic E-state index is 5.20. The first-order valence-electron chi connectivity index (χ1n) is 4.71. The third-order valence-electron chi connectivity index (χ3n) is 2.06. The molecule has 1 aromatic carbocycles. The van der Waals surface area contributed by atoms with Crippen molar-refractivity contribution in [3.8, 4) is 0 Å². The zero-order valence-electron chi connectivity index (χ0n) is 8.18. The molecule has 15 heavy (non-hydrogen) atoms. The SMILES string of the molecule is NNc1nnc(CCc2ccccc2)o1. The van der Waals surface area contributed by atoms with Crippen LogP contribution in [0.4, 0.5) is 6.01 Å². The Morgan fingerprint density at radius 3 is 2.60 bits per heavy atom. The summed E-state index contributed by atoms with van der Waals surface area (Å²) in [4.78, 5) is 0. The monoisotopic (exact) mass is 204 g/mol. The molecule has 0 atom stereocenters. The Hall–Kier alpha value is -1.88. The predicted octanol–water partition coefficient (Wildman–Crippen LogP) is 1.14. The molecule has 0 aliphatic rings. The van der Waals surface area contributed by atoms with Crippen molar-refractivity contribution in [1.82, 2.24) is 10.2 Å². The summed E-state index contributed by atoms with van der Waals surface area (Å²) in [5, 5.41) is 7.54. The molecule has 78 valence electrons. The van der Waals surface area contributed by atoms with Gasteiger partial charge in [0.05, 0.1) is 0 Å². The van der Waals surface area contributed by atoms with Crippen molar-refractivity contribution in [3.05, 3.63) is 41.8 Å². The van der Waals surface area contributed by atoms with E-state index >= 15 is 0 Å². The van der Waals surface area contributed by atoms with Crippen molar-refractivity contribution in [3.63, 3.8) is 0 Å². The predicted molar refractivity (Wildman–Crippen MR) is 56.0 cm³/mol. The quantitative estimate of drug-likeness (QED) is 0.577. The average molecular weight is 204 g/mol. The van der Waals surface area contributed by atoms with Crippen molar-refractivity contribution in [2.45, 2.75) is 12.8 Å². The number of nitrogens with one attached hydrogen (secondary N) is 1. The van der Waals surface area contributed by atoms with Gasteiger partial charge in [0.25, 0.3) is 0 Å². The van der Waals surface area contributed by atoms with Crippen molar-refractivity contribution < 1.29 is 4.42 Å². The van der Waals surface area contributed by atoms with E-state index in [0.717, 1.165) is 12.8 Å². The summed E-state index contributed by atoms with van der Waals surface area (Å²) in [7, 11) is 0. The summed E-state index contributed by atoms with van der Waals surface area (Å²) in [6, 6.07) is 10.4. The van der Waals surface area contributed by atoms with E-state index in [9.17, 15) is 0 Å². The minimum Gasteiger partial charge on any atom is -0.407 e. The summed E-state index contributed by atoms with van der Waals surface area (Å²) in [5.41, 5.74) is 3.55. The molecular weight excluding hydrogens is 192 g/mol. The lowest BCUT2D eigenvalue weighted by Crippen LogP contribution is -2.06. The number of hydrogen-bond donors (Lipinski definition) is 2. The van der Waals surface area contributed by atoms with Crippen LogP contribution in [0.25, 0.3) is 0 Å². The molecule has 3 N–H and O–H groups in total. The fraction of sp³-hybridized carbons (Fsp3) is 0.200. The summed E-state index contributed by atoms with van der Waals surface area (Å²) in [6.07, 6.45) is 1.60. The van der Waals surface area contributed by atoms with Gasteiger partial charge in [-0.25, -0.2) is 5.84 Å². The van der Waals surface area contributed by atoms with E-state index < -0.39 is 0 Å². The molecule has 0 bridgehead atoms. The Balaban J connectivity index is 1.93. The zero-order valence-corrected chi connectivity index (χ0v) is 8.18. The largest absolute Gasteiger partial charge is 0.407 e. The van der Waals surface area contributed by atoms with Crippen LogP contribution in [0.15, 0.2) is 34.7 Å². The second-order valence-electron chi connectivity index (χ2n) is 3.13. The van der Waals surface area contributed by atoms with Crippen molar-refractivity contribution in [2.24, 2.45) is 5.84 Å².